The lowest BCUT2D eigenvalue weighted by Gasteiger charge is -2.40. The smallest absolute Gasteiger partial charge is 0.317 e. The molecule has 6 nitrogen and oxygen atoms in total. The molecule has 3 heterocycles. The molecule has 0 bridgehead atoms. The minimum atomic E-state index is -0.511. The van der Waals surface area contributed by atoms with Crippen LogP contribution >= 0.6 is 11.3 Å². The van der Waals surface area contributed by atoms with E-state index in [-0.39, 0.29) is 6.03 Å². The molecule has 7 heteroatoms. The topological polar surface area (TPSA) is 59.4 Å². The second-order valence-electron chi connectivity index (χ2n) is 6.55. The van der Waals surface area contributed by atoms with Gasteiger partial charge in [-0.2, -0.15) is 16.4 Å². The molecule has 0 saturated carbocycles. The molecule has 1 saturated heterocycles. The molecule has 3 rings (SSSR count). The van der Waals surface area contributed by atoms with Gasteiger partial charge in [0.1, 0.15) is 5.60 Å². The van der Waals surface area contributed by atoms with E-state index < -0.39 is 5.60 Å². The van der Waals surface area contributed by atoms with Gasteiger partial charge in [0.2, 0.25) is 0 Å². The van der Waals surface area contributed by atoms with Crippen LogP contribution in [0.3, 0.4) is 0 Å². The van der Waals surface area contributed by atoms with Crippen molar-refractivity contribution in [3.8, 4) is 0 Å². The number of nitrogens with zero attached hydrogens (tertiary/aromatic N) is 3. The standard InChI is InChI=1S/C17H24N4O2S/c1-13(14-4-7-24-11-14)8-18-16(22)21-5-6-23-17(2,12-21)15-9-19-20(3)10-15/h4,7,9-11,13H,5-6,8,12H2,1-3H3,(H,18,22)/t13-,17-/m1/s1. The number of carbonyl (C=O) groups is 1. The summed E-state index contributed by atoms with van der Waals surface area (Å²) >= 11 is 1.68. The van der Waals surface area contributed by atoms with E-state index in [0.717, 1.165) is 5.56 Å². The third-order valence-electron chi connectivity index (χ3n) is 4.55. The van der Waals surface area contributed by atoms with Crippen LogP contribution in [0.5, 0.6) is 0 Å². The highest BCUT2D eigenvalue weighted by molar-refractivity contribution is 7.07. The molecule has 130 valence electrons. The van der Waals surface area contributed by atoms with Gasteiger partial charge in [-0.15, -0.1) is 0 Å². The van der Waals surface area contributed by atoms with Crippen molar-refractivity contribution < 1.29 is 9.53 Å². The molecule has 0 spiro atoms. The van der Waals surface area contributed by atoms with Crippen molar-refractivity contribution in [1.82, 2.24) is 20.0 Å². The number of hydrogen-bond acceptors (Lipinski definition) is 4. The number of morpholine rings is 1. The fourth-order valence-corrected chi connectivity index (χ4v) is 3.72. The summed E-state index contributed by atoms with van der Waals surface area (Å²) in [4.78, 5) is 14.4. The van der Waals surface area contributed by atoms with Gasteiger partial charge in [-0.25, -0.2) is 4.79 Å². The Kier molecular flexibility index (Phi) is 4.91. The summed E-state index contributed by atoms with van der Waals surface area (Å²) < 4.78 is 7.71. The first kappa shape index (κ1) is 17.0. The third-order valence-corrected chi connectivity index (χ3v) is 5.25. The molecular weight excluding hydrogens is 324 g/mol. The van der Waals surface area contributed by atoms with Gasteiger partial charge >= 0.3 is 6.03 Å². The zero-order chi connectivity index (χ0) is 17.2. The van der Waals surface area contributed by atoms with Crippen molar-refractivity contribution in [2.45, 2.75) is 25.4 Å². The van der Waals surface area contributed by atoms with Crippen molar-refractivity contribution in [3.05, 3.63) is 40.3 Å². The molecule has 1 fully saturated rings. The van der Waals surface area contributed by atoms with Crippen molar-refractivity contribution >= 4 is 17.4 Å². The lowest BCUT2D eigenvalue weighted by Crippen LogP contribution is -2.53. The Balaban J connectivity index is 1.59. The van der Waals surface area contributed by atoms with Crippen molar-refractivity contribution in [1.29, 1.82) is 0 Å². The number of aromatic nitrogens is 2. The molecule has 0 aliphatic carbocycles. The van der Waals surface area contributed by atoms with Gasteiger partial charge in [0.15, 0.2) is 0 Å². The second kappa shape index (κ2) is 6.94. The van der Waals surface area contributed by atoms with E-state index in [1.807, 2.05) is 25.1 Å². The van der Waals surface area contributed by atoms with Gasteiger partial charge in [0.05, 0.1) is 19.3 Å². The summed E-state index contributed by atoms with van der Waals surface area (Å²) in [6, 6.07) is 2.07. The summed E-state index contributed by atoms with van der Waals surface area (Å²) in [5.74, 6) is 0.311. The third kappa shape index (κ3) is 3.62. The lowest BCUT2D eigenvalue weighted by atomic mass is 9.97. The maximum absolute atomic E-state index is 12.5. The van der Waals surface area contributed by atoms with Crippen molar-refractivity contribution in [3.63, 3.8) is 0 Å². The summed E-state index contributed by atoms with van der Waals surface area (Å²) in [5, 5.41) is 11.5. The van der Waals surface area contributed by atoms with E-state index in [9.17, 15) is 4.79 Å². The first-order chi connectivity index (χ1) is 11.5. The average Bonchev–Trinajstić information content (AvgIpc) is 3.24. The molecule has 2 aromatic rings. The Morgan fingerprint density at radius 1 is 1.58 bits per heavy atom. The van der Waals surface area contributed by atoms with Gasteiger partial charge in [0.25, 0.3) is 0 Å². The van der Waals surface area contributed by atoms with Gasteiger partial charge in [-0.3, -0.25) is 4.68 Å². The average molecular weight is 348 g/mol. The zero-order valence-corrected chi connectivity index (χ0v) is 15.2. The number of amides is 2. The van der Waals surface area contributed by atoms with Crippen LogP contribution in [0, 0.1) is 0 Å². The molecule has 1 aliphatic heterocycles. The maximum atomic E-state index is 12.5. The Morgan fingerprint density at radius 2 is 2.42 bits per heavy atom. The Hall–Kier alpha value is -1.86. The SMILES string of the molecule is C[C@H](CNC(=O)N1CCO[C@@](C)(c2cnn(C)c2)C1)c1ccsc1. The quantitative estimate of drug-likeness (QED) is 0.924. The monoisotopic (exact) mass is 348 g/mol. The molecule has 2 amide bonds. The molecule has 0 aromatic carbocycles. The molecular formula is C17H24N4O2S. The fraction of sp³-hybridized carbons (Fsp3) is 0.529. The predicted octanol–water partition coefficient (Wildman–Crippen LogP) is 2.54. The minimum absolute atomic E-state index is 0.0319. The van der Waals surface area contributed by atoms with Gasteiger partial charge in [0, 0.05) is 31.9 Å². The number of aryl methyl sites for hydroxylation is 1. The van der Waals surface area contributed by atoms with Crippen LogP contribution in [0.1, 0.15) is 30.9 Å². The Labute approximate surface area is 146 Å². The summed E-state index contributed by atoms with van der Waals surface area (Å²) in [6.45, 7) is 6.43. The summed E-state index contributed by atoms with van der Waals surface area (Å²) in [7, 11) is 1.88. The van der Waals surface area contributed by atoms with Gasteiger partial charge < -0.3 is 15.0 Å². The number of nitrogens with one attached hydrogen (secondary N) is 1. The molecule has 24 heavy (non-hydrogen) atoms. The van der Waals surface area contributed by atoms with Crippen LogP contribution in [0.15, 0.2) is 29.2 Å². The molecule has 1 aliphatic rings. The first-order valence-corrected chi connectivity index (χ1v) is 9.10. The molecule has 0 unspecified atom stereocenters. The van der Waals surface area contributed by atoms with E-state index in [2.05, 4.69) is 34.2 Å². The van der Waals surface area contributed by atoms with Crippen LogP contribution in [-0.2, 0) is 17.4 Å². The summed E-state index contributed by atoms with van der Waals surface area (Å²) in [5.41, 5.74) is 1.75. The maximum Gasteiger partial charge on any atom is 0.317 e. The molecule has 1 N–H and O–H groups in total. The van der Waals surface area contributed by atoms with Crippen LogP contribution < -0.4 is 5.32 Å². The number of urea groups is 1. The minimum Gasteiger partial charge on any atom is -0.367 e. The molecule has 0 radical (unpaired) electrons. The number of hydrogen-bond donors (Lipinski definition) is 1. The number of rotatable bonds is 4. The highest BCUT2D eigenvalue weighted by Crippen LogP contribution is 2.29. The van der Waals surface area contributed by atoms with Crippen LogP contribution in [0.25, 0.3) is 0 Å². The highest BCUT2D eigenvalue weighted by Gasteiger charge is 2.36. The number of thiophene rings is 1. The number of ether oxygens (including phenoxy) is 1. The lowest BCUT2D eigenvalue weighted by molar-refractivity contribution is -0.0906. The fourth-order valence-electron chi connectivity index (χ4n) is 2.94. The second-order valence-corrected chi connectivity index (χ2v) is 7.33. The molecule has 2 aromatic heterocycles. The van der Waals surface area contributed by atoms with Crippen LogP contribution in [0.4, 0.5) is 4.79 Å². The van der Waals surface area contributed by atoms with E-state index in [1.54, 1.807) is 22.2 Å². The Bertz CT molecular complexity index is 685. The largest absolute Gasteiger partial charge is 0.367 e. The van der Waals surface area contributed by atoms with Gasteiger partial charge in [-0.05, 0) is 35.2 Å². The normalized spacial score (nSPS) is 22.4. The predicted molar refractivity (Wildman–Crippen MR) is 94.2 cm³/mol. The van der Waals surface area contributed by atoms with Crippen molar-refractivity contribution in [2.24, 2.45) is 7.05 Å². The van der Waals surface area contributed by atoms with Crippen LogP contribution in [0.2, 0.25) is 0 Å². The summed E-state index contributed by atoms with van der Waals surface area (Å²) in [6.07, 6.45) is 3.75. The zero-order valence-electron chi connectivity index (χ0n) is 14.4. The van der Waals surface area contributed by atoms with Gasteiger partial charge in [-0.1, -0.05) is 6.92 Å². The van der Waals surface area contributed by atoms with E-state index in [0.29, 0.717) is 32.2 Å². The highest BCUT2D eigenvalue weighted by atomic mass is 32.1. The van der Waals surface area contributed by atoms with E-state index >= 15 is 0 Å². The Morgan fingerprint density at radius 3 is 3.08 bits per heavy atom. The van der Waals surface area contributed by atoms with E-state index in [1.165, 1.54) is 5.56 Å². The van der Waals surface area contributed by atoms with Crippen LogP contribution in [-0.4, -0.2) is 47.0 Å². The van der Waals surface area contributed by atoms with Crippen molar-refractivity contribution in [2.75, 3.05) is 26.2 Å². The number of carbonyl (C=O) groups excluding carboxylic acids is 1. The molecule has 2 atom stereocenters. The first-order valence-electron chi connectivity index (χ1n) is 8.16. The van der Waals surface area contributed by atoms with E-state index in [4.69, 9.17) is 4.74 Å².